The van der Waals surface area contributed by atoms with E-state index in [1.807, 2.05) is 12.1 Å². The number of benzene rings is 3. The topological polar surface area (TPSA) is 90.0 Å². The maximum Gasteiger partial charge on any atom is 0.267 e. The molecule has 4 aromatic rings. The van der Waals surface area contributed by atoms with E-state index in [2.05, 4.69) is 10.4 Å². The second-order valence-corrected chi connectivity index (χ2v) is 7.40. The molecular formula is C24H19ClN4O2. The minimum absolute atomic E-state index is 0.209. The van der Waals surface area contributed by atoms with Gasteiger partial charge in [0.05, 0.1) is 23.6 Å². The number of carbonyl (C=O) groups excluding carboxylic acids is 1. The van der Waals surface area contributed by atoms with E-state index in [0.29, 0.717) is 27.7 Å². The Morgan fingerprint density at radius 3 is 2.35 bits per heavy atom. The van der Waals surface area contributed by atoms with Gasteiger partial charge < -0.3 is 11.1 Å². The molecular weight excluding hydrogens is 412 g/mol. The molecule has 0 unspecified atom stereocenters. The van der Waals surface area contributed by atoms with Crippen LogP contribution < -0.4 is 16.6 Å². The number of anilines is 2. The average molecular weight is 431 g/mol. The van der Waals surface area contributed by atoms with Gasteiger partial charge in [0, 0.05) is 22.2 Å². The standard InChI is InChI=1S/C24H19ClN4O2/c25-19-11-9-17(10-12-19)21-13-14-23(30)29(28-21)15-16-5-7-18(8-6-16)24(31)27-22-4-2-1-3-20(22)26/h1-14H,15,26H2,(H,27,31). The number of hydrogen-bond donors (Lipinski definition) is 2. The molecule has 1 heterocycles. The molecule has 0 aliphatic rings. The lowest BCUT2D eigenvalue weighted by Crippen LogP contribution is -2.23. The fraction of sp³-hybridized carbons (Fsp3) is 0.0417. The molecule has 0 bridgehead atoms. The van der Waals surface area contributed by atoms with Crippen LogP contribution in [0.15, 0.2) is 89.7 Å². The van der Waals surface area contributed by atoms with Gasteiger partial charge in [0.15, 0.2) is 0 Å². The zero-order valence-electron chi connectivity index (χ0n) is 16.5. The molecule has 3 aromatic carbocycles. The number of nitrogens with two attached hydrogens (primary N) is 1. The summed E-state index contributed by atoms with van der Waals surface area (Å²) in [6.07, 6.45) is 0. The molecule has 0 atom stereocenters. The van der Waals surface area contributed by atoms with Gasteiger partial charge in [-0.3, -0.25) is 9.59 Å². The van der Waals surface area contributed by atoms with E-state index < -0.39 is 0 Å². The molecule has 0 spiro atoms. The number of aromatic nitrogens is 2. The second-order valence-electron chi connectivity index (χ2n) is 6.96. The van der Waals surface area contributed by atoms with Crippen molar-refractivity contribution in [3.8, 4) is 11.3 Å². The number of carbonyl (C=O) groups is 1. The monoisotopic (exact) mass is 430 g/mol. The third-order valence-corrected chi connectivity index (χ3v) is 5.02. The van der Waals surface area contributed by atoms with Crippen molar-refractivity contribution < 1.29 is 4.79 Å². The number of nitrogen functional groups attached to an aromatic ring is 1. The van der Waals surface area contributed by atoms with Crippen molar-refractivity contribution in [1.82, 2.24) is 9.78 Å². The van der Waals surface area contributed by atoms with Crippen LogP contribution in [0.3, 0.4) is 0 Å². The lowest BCUT2D eigenvalue weighted by Gasteiger charge is -2.10. The maximum absolute atomic E-state index is 12.5. The van der Waals surface area contributed by atoms with E-state index in [-0.39, 0.29) is 18.0 Å². The Labute approximate surface area is 183 Å². The van der Waals surface area contributed by atoms with Gasteiger partial charge in [-0.25, -0.2) is 4.68 Å². The van der Waals surface area contributed by atoms with Crippen LogP contribution in [0.1, 0.15) is 15.9 Å². The summed E-state index contributed by atoms with van der Waals surface area (Å²) in [5.41, 5.74) is 9.60. The molecule has 1 amide bonds. The second kappa shape index (κ2) is 8.85. The SMILES string of the molecule is Nc1ccccc1NC(=O)c1ccc(Cn2nc(-c3ccc(Cl)cc3)ccc2=O)cc1. The lowest BCUT2D eigenvalue weighted by atomic mass is 10.1. The Morgan fingerprint density at radius 1 is 0.935 bits per heavy atom. The molecule has 0 radical (unpaired) electrons. The van der Waals surface area contributed by atoms with Gasteiger partial charge in [0.25, 0.3) is 11.5 Å². The highest BCUT2D eigenvalue weighted by molar-refractivity contribution is 6.30. The van der Waals surface area contributed by atoms with Gasteiger partial charge in [-0.1, -0.05) is 48.0 Å². The summed E-state index contributed by atoms with van der Waals surface area (Å²) in [5, 5.41) is 7.89. The van der Waals surface area contributed by atoms with Gasteiger partial charge >= 0.3 is 0 Å². The fourth-order valence-electron chi connectivity index (χ4n) is 3.08. The van der Waals surface area contributed by atoms with Crippen LogP contribution in [0.25, 0.3) is 11.3 Å². The first-order valence-corrected chi connectivity index (χ1v) is 9.96. The number of amides is 1. The van der Waals surface area contributed by atoms with Crippen molar-refractivity contribution in [3.63, 3.8) is 0 Å². The average Bonchev–Trinajstić information content (AvgIpc) is 2.78. The molecule has 154 valence electrons. The van der Waals surface area contributed by atoms with Crippen molar-refractivity contribution >= 4 is 28.9 Å². The minimum Gasteiger partial charge on any atom is -0.397 e. The quantitative estimate of drug-likeness (QED) is 0.458. The number of rotatable bonds is 5. The van der Waals surface area contributed by atoms with Crippen molar-refractivity contribution in [2.75, 3.05) is 11.1 Å². The Kier molecular flexibility index (Phi) is 5.82. The summed E-state index contributed by atoms with van der Waals surface area (Å²) in [5.74, 6) is -0.260. The molecule has 4 rings (SSSR count). The first kappa shape index (κ1) is 20.4. The first-order valence-electron chi connectivity index (χ1n) is 9.58. The highest BCUT2D eigenvalue weighted by Gasteiger charge is 2.09. The fourth-order valence-corrected chi connectivity index (χ4v) is 3.20. The molecule has 0 saturated carbocycles. The molecule has 3 N–H and O–H groups in total. The molecule has 7 heteroatoms. The third kappa shape index (κ3) is 4.82. The third-order valence-electron chi connectivity index (χ3n) is 4.76. The zero-order chi connectivity index (χ0) is 21.8. The van der Waals surface area contributed by atoms with Crippen LogP contribution in [-0.2, 0) is 6.54 Å². The zero-order valence-corrected chi connectivity index (χ0v) is 17.2. The maximum atomic E-state index is 12.5. The van der Waals surface area contributed by atoms with E-state index >= 15 is 0 Å². The Hall–Kier alpha value is -3.90. The van der Waals surface area contributed by atoms with E-state index in [4.69, 9.17) is 17.3 Å². The number of hydrogen-bond acceptors (Lipinski definition) is 4. The van der Waals surface area contributed by atoms with Crippen LogP contribution in [0.5, 0.6) is 0 Å². The Balaban J connectivity index is 1.51. The van der Waals surface area contributed by atoms with Gasteiger partial charge in [-0.2, -0.15) is 5.10 Å². The summed E-state index contributed by atoms with van der Waals surface area (Å²) < 4.78 is 1.39. The molecule has 0 aliphatic heterocycles. The van der Waals surface area contributed by atoms with Crippen LogP contribution >= 0.6 is 11.6 Å². The number of nitrogens with one attached hydrogen (secondary N) is 1. The smallest absolute Gasteiger partial charge is 0.267 e. The predicted octanol–water partition coefficient (Wildman–Crippen LogP) is 4.45. The number of para-hydroxylation sites is 2. The number of nitrogens with zero attached hydrogens (tertiary/aromatic N) is 2. The van der Waals surface area contributed by atoms with Gasteiger partial charge in [0.2, 0.25) is 0 Å². The van der Waals surface area contributed by atoms with Gasteiger partial charge in [0.1, 0.15) is 0 Å². The summed E-state index contributed by atoms with van der Waals surface area (Å²) in [7, 11) is 0. The minimum atomic E-state index is -0.260. The summed E-state index contributed by atoms with van der Waals surface area (Å²) in [4.78, 5) is 24.7. The van der Waals surface area contributed by atoms with Crippen LogP contribution in [0, 0.1) is 0 Å². The summed E-state index contributed by atoms with van der Waals surface area (Å²) in [6, 6.07) is 24.5. The van der Waals surface area contributed by atoms with Crippen molar-refractivity contribution in [1.29, 1.82) is 0 Å². The van der Waals surface area contributed by atoms with Gasteiger partial charge in [-0.05, 0) is 48.0 Å². The molecule has 0 aliphatic carbocycles. The largest absolute Gasteiger partial charge is 0.397 e. The number of halogens is 1. The van der Waals surface area contributed by atoms with Crippen molar-refractivity contribution in [3.05, 3.63) is 111 Å². The first-order chi connectivity index (χ1) is 15.0. The summed E-state index contributed by atoms with van der Waals surface area (Å²) in [6.45, 7) is 0.286. The summed E-state index contributed by atoms with van der Waals surface area (Å²) >= 11 is 5.94. The van der Waals surface area contributed by atoms with Crippen LogP contribution in [-0.4, -0.2) is 15.7 Å². The highest BCUT2D eigenvalue weighted by Crippen LogP contribution is 2.19. The molecule has 0 saturated heterocycles. The normalized spacial score (nSPS) is 10.6. The lowest BCUT2D eigenvalue weighted by molar-refractivity contribution is 0.102. The predicted molar refractivity (Wildman–Crippen MR) is 123 cm³/mol. The Bertz CT molecular complexity index is 1280. The molecule has 6 nitrogen and oxygen atoms in total. The van der Waals surface area contributed by atoms with E-state index in [9.17, 15) is 9.59 Å². The highest BCUT2D eigenvalue weighted by atomic mass is 35.5. The molecule has 1 aromatic heterocycles. The molecule has 31 heavy (non-hydrogen) atoms. The van der Waals surface area contributed by atoms with Crippen molar-refractivity contribution in [2.45, 2.75) is 6.54 Å². The van der Waals surface area contributed by atoms with E-state index in [0.717, 1.165) is 11.1 Å². The Morgan fingerprint density at radius 2 is 1.65 bits per heavy atom. The van der Waals surface area contributed by atoms with Crippen LogP contribution in [0.4, 0.5) is 11.4 Å². The van der Waals surface area contributed by atoms with Crippen molar-refractivity contribution in [2.24, 2.45) is 0 Å². The van der Waals surface area contributed by atoms with Gasteiger partial charge in [-0.15, -0.1) is 0 Å². The molecule has 0 fully saturated rings. The van der Waals surface area contributed by atoms with E-state index in [1.165, 1.54) is 10.7 Å². The van der Waals surface area contributed by atoms with E-state index in [1.54, 1.807) is 66.7 Å². The van der Waals surface area contributed by atoms with Crippen LogP contribution in [0.2, 0.25) is 5.02 Å².